The first kappa shape index (κ1) is 10.7. The smallest absolute Gasteiger partial charge is 0.0825 e. The van der Waals surface area contributed by atoms with Gasteiger partial charge in [0.25, 0.3) is 0 Å². The first-order valence-electron chi connectivity index (χ1n) is 5.96. The predicted octanol–water partition coefficient (Wildman–Crippen LogP) is 3.74. The molecule has 82 valence electrons. The zero-order chi connectivity index (χ0) is 10.7. The van der Waals surface area contributed by atoms with Crippen molar-refractivity contribution in [1.29, 1.82) is 0 Å². The predicted molar refractivity (Wildman–Crippen MR) is 62.9 cm³/mol. The number of hydrogen-bond acceptors (Lipinski definition) is 1. The topological polar surface area (TPSA) is 9.23 Å². The van der Waals surface area contributed by atoms with E-state index in [4.69, 9.17) is 4.74 Å². The van der Waals surface area contributed by atoms with Crippen LogP contribution in [-0.2, 0) is 11.2 Å². The van der Waals surface area contributed by atoms with E-state index in [0.717, 1.165) is 12.5 Å². The van der Waals surface area contributed by atoms with Gasteiger partial charge in [0.2, 0.25) is 0 Å². The van der Waals surface area contributed by atoms with Crippen molar-refractivity contribution >= 4 is 0 Å². The SMILES string of the molecule is CC(C)Cc1ccc(C2CCCO2)cc1. The quantitative estimate of drug-likeness (QED) is 0.729. The first-order chi connectivity index (χ1) is 7.25. The van der Waals surface area contributed by atoms with Crippen LogP contribution in [0.25, 0.3) is 0 Å². The molecule has 1 heterocycles. The Kier molecular flexibility index (Phi) is 3.42. The van der Waals surface area contributed by atoms with Gasteiger partial charge in [-0.1, -0.05) is 38.1 Å². The zero-order valence-corrected chi connectivity index (χ0v) is 9.70. The Morgan fingerprint density at radius 1 is 1.27 bits per heavy atom. The highest BCUT2D eigenvalue weighted by molar-refractivity contribution is 5.24. The standard InChI is InChI=1S/C14H20O/c1-11(2)10-12-5-7-13(8-6-12)14-4-3-9-15-14/h5-8,11,14H,3-4,9-10H2,1-2H3. The minimum atomic E-state index is 0.359. The molecule has 1 unspecified atom stereocenters. The molecule has 0 N–H and O–H groups in total. The van der Waals surface area contributed by atoms with Gasteiger partial charge in [-0.2, -0.15) is 0 Å². The molecule has 1 aromatic rings. The highest BCUT2D eigenvalue weighted by atomic mass is 16.5. The number of rotatable bonds is 3. The summed E-state index contributed by atoms with van der Waals surface area (Å²) < 4.78 is 5.66. The maximum Gasteiger partial charge on any atom is 0.0825 e. The van der Waals surface area contributed by atoms with Crippen LogP contribution in [0, 0.1) is 5.92 Å². The van der Waals surface area contributed by atoms with Gasteiger partial charge in [0.05, 0.1) is 6.10 Å². The van der Waals surface area contributed by atoms with Crippen molar-refractivity contribution in [3.8, 4) is 0 Å². The average molecular weight is 204 g/mol. The molecule has 0 radical (unpaired) electrons. The minimum Gasteiger partial charge on any atom is -0.374 e. The summed E-state index contributed by atoms with van der Waals surface area (Å²) >= 11 is 0. The summed E-state index contributed by atoms with van der Waals surface area (Å²) in [6, 6.07) is 8.95. The largest absolute Gasteiger partial charge is 0.374 e. The molecule has 1 heteroatoms. The molecule has 0 aliphatic carbocycles. The molecule has 0 amide bonds. The third kappa shape index (κ3) is 2.82. The van der Waals surface area contributed by atoms with Gasteiger partial charge < -0.3 is 4.74 Å². The first-order valence-corrected chi connectivity index (χ1v) is 5.96. The van der Waals surface area contributed by atoms with Crippen LogP contribution >= 0.6 is 0 Å². The van der Waals surface area contributed by atoms with Gasteiger partial charge in [0.15, 0.2) is 0 Å². The Bertz CT molecular complexity index is 294. The van der Waals surface area contributed by atoms with Crippen LogP contribution in [0.4, 0.5) is 0 Å². The number of ether oxygens (including phenoxy) is 1. The van der Waals surface area contributed by atoms with E-state index in [1.54, 1.807) is 0 Å². The second kappa shape index (κ2) is 4.80. The summed E-state index contributed by atoms with van der Waals surface area (Å²) in [7, 11) is 0. The van der Waals surface area contributed by atoms with E-state index >= 15 is 0 Å². The number of hydrogen-bond donors (Lipinski definition) is 0. The Morgan fingerprint density at radius 2 is 2.00 bits per heavy atom. The van der Waals surface area contributed by atoms with Crippen molar-refractivity contribution in [2.75, 3.05) is 6.61 Å². The molecule has 0 aromatic heterocycles. The molecule has 0 saturated carbocycles. The molecule has 15 heavy (non-hydrogen) atoms. The summed E-state index contributed by atoms with van der Waals surface area (Å²) in [5, 5.41) is 0. The van der Waals surface area contributed by atoms with E-state index < -0.39 is 0 Å². The molecular formula is C14H20O. The summed E-state index contributed by atoms with van der Waals surface area (Å²) in [6.45, 7) is 5.44. The molecule has 1 aliphatic heterocycles. The Balaban J connectivity index is 2.03. The van der Waals surface area contributed by atoms with Crippen LogP contribution in [-0.4, -0.2) is 6.61 Å². The third-order valence-corrected chi connectivity index (χ3v) is 2.93. The Hall–Kier alpha value is -0.820. The van der Waals surface area contributed by atoms with Gasteiger partial charge in [-0.15, -0.1) is 0 Å². The van der Waals surface area contributed by atoms with Crippen molar-refractivity contribution in [2.45, 2.75) is 39.2 Å². The molecule has 1 aromatic carbocycles. The van der Waals surface area contributed by atoms with Gasteiger partial charge in [-0.3, -0.25) is 0 Å². The van der Waals surface area contributed by atoms with E-state index in [2.05, 4.69) is 38.1 Å². The van der Waals surface area contributed by atoms with Crippen LogP contribution in [0.2, 0.25) is 0 Å². The highest BCUT2D eigenvalue weighted by Crippen LogP contribution is 2.28. The van der Waals surface area contributed by atoms with E-state index in [1.165, 1.54) is 30.4 Å². The monoisotopic (exact) mass is 204 g/mol. The molecule has 1 atom stereocenters. The fourth-order valence-electron chi connectivity index (χ4n) is 2.18. The van der Waals surface area contributed by atoms with Gasteiger partial charge in [-0.25, -0.2) is 0 Å². The Labute approximate surface area is 92.5 Å². The van der Waals surface area contributed by atoms with Gasteiger partial charge in [0, 0.05) is 6.61 Å². The van der Waals surface area contributed by atoms with Crippen molar-refractivity contribution in [3.63, 3.8) is 0 Å². The fourth-order valence-corrected chi connectivity index (χ4v) is 2.18. The van der Waals surface area contributed by atoms with Crippen molar-refractivity contribution < 1.29 is 4.74 Å². The van der Waals surface area contributed by atoms with Crippen LogP contribution in [0.3, 0.4) is 0 Å². The molecule has 1 nitrogen and oxygen atoms in total. The highest BCUT2D eigenvalue weighted by Gasteiger charge is 2.17. The van der Waals surface area contributed by atoms with Crippen molar-refractivity contribution in [2.24, 2.45) is 5.92 Å². The van der Waals surface area contributed by atoms with E-state index in [-0.39, 0.29) is 0 Å². The van der Waals surface area contributed by atoms with Crippen LogP contribution < -0.4 is 0 Å². The fraction of sp³-hybridized carbons (Fsp3) is 0.571. The summed E-state index contributed by atoms with van der Waals surface area (Å²) in [6.07, 6.45) is 3.92. The molecule has 2 rings (SSSR count). The second-order valence-electron chi connectivity index (χ2n) is 4.84. The van der Waals surface area contributed by atoms with Gasteiger partial charge in [-0.05, 0) is 36.3 Å². The lowest BCUT2D eigenvalue weighted by atomic mass is 9.99. The third-order valence-electron chi connectivity index (χ3n) is 2.93. The zero-order valence-electron chi connectivity index (χ0n) is 9.70. The maximum absolute atomic E-state index is 5.66. The second-order valence-corrected chi connectivity index (χ2v) is 4.84. The summed E-state index contributed by atoms with van der Waals surface area (Å²) in [5.41, 5.74) is 2.78. The van der Waals surface area contributed by atoms with Gasteiger partial charge in [0.1, 0.15) is 0 Å². The number of benzene rings is 1. The van der Waals surface area contributed by atoms with Crippen molar-refractivity contribution in [1.82, 2.24) is 0 Å². The lowest BCUT2D eigenvalue weighted by Crippen LogP contribution is -1.97. The van der Waals surface area contributed by atoms with E-state index in [1.807, 2.05) is 0 Å². The van der Waals surface area contributed by atoms with Crippen LogP contribution in [0.15, 0.2) is 24.3 Å². The summed E-state index contributed by atoms with van der Waals surface area (Å²) in [4.78, 5) is 0. The Morgan fingerprint density at radius 3 is 2.53 bits per heavy atom. The van der Waals surface area contributed by atoms with Crippen molar-refractivity contribution in [3.05, 3.63) is 35.4 Å². The lowest BCUT2D eigenvalue weighted by molar-refractivity contribution is 0.112. The molecule has 0 spiro atoms. The maximum atomic E-state index is 5.66. The average Bonchev–Trinajstić information content (AvgIpc) is 2.71. The lowest BCUT2D eigenvalue weighted by Gasteiger charge is -2.11. The summed E-state index contributed by atoms with van der Waals surface area (Å²) in [5.74, 6) is 0.735. The van der Waals surface area contributed by atoms with E-state index in [0.29, 0.717) is 6.10 Å². The van der Waals surface area contributed by atoms with Crippen LogP contribution in [0.5, 0.6) is 0 Å². The van der Waals surface area contributed by atoms with Crippen LogP contribution in [0.1, 0.15) is 43.9 Å². The molecule has 1 fully saturated rings. The molecular weight excluding hydrogens is 184 g/mol. The van der Waals surface area contributed by atoms with E-state index in [9.17, 15) is 0 Å². The normalized spacial score (nSPS) is 21.1. The molecule has 0 bridgehead atoms. The molecule has 1 saturated heterocycles. The van der Waals surface area contributed by atoms with Gasteiger partial charge >= 0.3 is 0 Å². The molecule has 1 aliphatic rings. The minimum absolute atomic E-state index is 0.359.